The summed E-state index contributed by atoms with van der Waals surface area (Å²) in [5.41, 5.74) is 6.72. The van der Waals surface area contributed by atoms with Gasteiger partial charge in [0.15, 0.2) is 0 Å². The third kappa shape index (κ3) is 2.22. The first kappa shape index (κ1) is 12.2. The summed E-state index contributed by atoms with van der Waals surface area (Å²) in [4.78, 5) is 2.15. The molecule has 3 N–H and O–H groups in total. The van der Waals surface area contributed by atoms with E-state index >= 15 is 0 Å². The maximum atomic E-state index is 13.9. The molecule has 4 heteroatoms. The molecule has 3 nitrogen and oxygen atoms in total. The number of anilines is 2. The first-order chi connectivity index (χ1) is 8.17. The Morgan fingerprint density at radius 2 is 2.29 bits per heavy atom. The van der Waals surface area contributed by atoms with Gasteiger partial charge in [0, 0.05) is 24.3 Å². The summed E-state index contributed by atoms with van der Waals surface area (Å²) in [6, 6.07) is 5.74. The second-order valence-electron chi connectivity index (χ2n) is 4.56. The van der Waals surface area contributed by atoms with Crippen molar-refractivity contribution in [3.05, 3.63) is 24.0 Å². The molecular formula is C13H20FN3. The van der Waals surface area contributed by atoms with Crippen LogP contribution in [0.15, 0.2) is 18.2 Å². The van der Waals surface area contributed by atoms with Crippen molar-refractivity contribution in [1.82, 2.24) is 5.32 Å². The van der Waals surface area contributed by atoms with Crippen molar-refractivity contribution < 1.29 is 4.39 Å². The molecule has 1 aromatic rings. The highest BCUT2D eigenvalue weighted by atomic mass is 19.1. The average molecular weight is 237 g/mol. The molecule has 0 bridgehead atoms. The van der Waals surface area contributed by atoms with Crippen LogP contribution in [-0.4, -0.2) is 25.7 Å². The summed E-state index contributed by atoms with van der Waals surface area (Å²) in [6.45, 7) is 3.04. The number of benzene rings is 1. The predicted molar refractivity (Wildman–Crippen MR) is 69.7 cm³/mol. The van der Waals surface area contributed by atoms with Crippen LogP contribution in [0.4, 0.5) is 15.8 Å². The van der Waals surface area contributed by atoms with Gasteiger partial charge in [-0.3, -0.25) is 0 Å². The van der Waals surface area contributed by atoms with Crippen molar-refractivity contribution in [3.8, 4) is 0 Å². The minimum Gasteiger partial charge on any atom is -0.399 e. The Kier molecular flexibility index (Phi) is 3.52. The van der Waals surface area contributed by atoms with Gasteiger partial charge in [0.1, 0.15) is 5.82 Å². The highest BCUT2D eigenvalue weighted by molar-refractivity contribution is 5.56. The van der Waals surface area contributed by atoms with E-state index in [0.717, 1.165) is 19.4 Å². The van der Waals surface area contributed by atoms with E-state index in [9.17, 15) is 4.39 Å². The first-order valence-electron chi connectivity index (χ1n) is 6.16. The highest BCUT2D eigenvalue weighted by Crippen LogP contribution is 2.30. The Balaban J connectivity index is 2.27. The largest absolute Gasteiger partial charge is 0.399 e. The number of likely N-dealkylation sites (N-methyl/N-ethyl adjacent to an activating group) is 1. The minimum atomic E-state index is -0.222. The van der Waals surface area contributed by atoms with Crippen molar-refractivity contribution in [2.24, 2.45) is 0 Å². The zero-order chi connectivity index (χ0) is 12.4. The highest BCUT2D eigenvalue weighted by Gasteiger charge is 2.32. The quantitative estimate of drug-likeness (QED) is 0.790. The number of nitrogen functional groups attached to an aromatic ring is 1. The van der Waals surface area contributed by atoms with Gasteiger partial charge in [-0.05, 0) is 38.1 Å². The average Bonchev–Trinajstić information content (AvgIpc) is 2.71. The third-order valence-electron chi connectivity index (χ3n) is 3.62. The Bertz CT molecular complexity index is 394. The maximum absolute atomic E-state index is 13.9. The molecule has 1 unspecified atom stereocenters. The SMILES string of the molecule is CCC1[C@@H](NC)CCN1c1ccc(N)cc1F. The van der Waals surface area contributed by atoms with Crippen molar-refractivity contribution in [3.63, 3.8) is 0 Å². The van der Waals surface area contributed by atoms with Crippen LogP contribution in [0.5, 0.6) is 0 Å². The molecule has 94 valence electrons. The fourth-order valence-electron chi connectivity index (χ4n) is 2.75. The van der Waals surface area contributed by atoms with Crippen molar-refractivity contribution in [2.45, 2.75) is 31.8 Å². The lowest BCUT2D eigenvalue weighted by molar-refractivity contribution is 0.491. The Hall–Kier alpha value is -1.29. The molecule has 0 saturated carbocycles. The molecule has 0 aromatic heterocycles. The van der Waals surface area contributed by atoms with Gasteiger partial charge in [-0.15, -0.1) is 0 Å². The zero-order valence-corrected chi connectivity index (χ0v) is 10.4. The fraction of sp³-hybridized carbons (Fsp3) is 0.538. The summed E-state index contributed by atoms with van der Waals surface area (Å²) in [5, 5.41) is 3.31. The molecule has 2 atom stereocenters. The van der Waals surface area contributed by atoms with Crippen LogP contribution in [0.1, 0.15) is 19.8 Å². The monoisotopic (exact) mass is 237 g/mol. The summed E-state index contributed by atoms with van der Waals surface area (Å²) in [7, 11) is 1.97. The van der Waals surface area contributed by atoms with E-state index in [-0.39, 0.29) is 5.82 Å². The number of rotatable bonds is 3. The molecule has 0 aliphatic carbocycles. The molecule has 1 aliphatic heterocycles. The van der Waals surface area contributed by atoms with Gasteiger partial charge in [-0.25, -0.2) is 4.39 Å². The van der Waals surface area contributed by atoms with Gasteiger partial charge >= 0.3 is 0 Å². The van der Waals surface area contributed by atoms with Crippen LogP contribution in [0.25, 0.3) is 0 Å². The van der Waals surface area contributed by atoms with Crippen LogP contribution in [-0.2, 0) is 0 Å². The van der Waals surface area contributed by atoms with E-state index in [2.05, 4.69) is 17.1 Å². The van der Waals surface area contributed by atoms with Crippen LogP contribution in [0, 0.1) is 5.82 Å². The van der Waals surface area contributed by atoms with Crippen LogP contribution < -0.4 is 16.0 Å². The lowest BCUT2D eigenvalue weighted by Crippen LogP contribution is -2.41. The molecule has 1 aliphatic rings. The smallest absolute Gasteiger partial charge is 0.148 e. The number of nitrogens with zero attached hydrogens (tertiary/aromatic N) is 1. The first-order valence-corrected chi connectivity index (χ1v) is 6.16. The minimum absolute atomic E-state index is 0.222. The van der Waals surface area contributed by atoms with E-state index in [0.29, 0.717) is 23.5 Å². The lowest BCUT2D eigenvalue weighted by atomic mass is 10.1. The normalized spacial score (nSPS) is 24.3. The molecule has 1 saturated heterocycles. The van der Waals surface area contributed by atoms with Gasteiger partial charge in [-0.1, -0.05) is 6.92 Å². The molecular weight excluding hydrogens is 217 g/mol. The number of hydrogen-bond acceptors (Lipinski definition) is 3. The number of halogens is 1. The molecule has 17 heavy (non-hydrogen) atoms. The Morgan fingerprint density at radius 1 is 1.53 bits per heavy atom. The number of nitrogens with two attached hydrogens (primary N) is 1. The Labute approximate surface area is 102 Å². The molecule has 0 spiro atoms. The molecule has 1 aromatic carbocycles. The van der Waals surface area contributed by atoms with E-state index in [1.165, 1.54) is 6.07 Å². The van der Waals surface area contributed by atoms with Gasteiger partial charge < -0.3 is 16.0 Å². The topological polar surface area (TPSA) is 41.3 Å². The van der Waals surface area contributed by atoms with E-state index in [4.69, 9.17) is 5.73 Å². The van der Waals surface area contributed by atoms with Crippen molar-refractivity contribution >= 4 is 11.4 Å². The van der Waals surface area contributed by atoms with E-state index in [1.807, 2.05) is 7.05 Å². The lowest BCUT2D eigenvalue weighted by Gasteiger charge is -2.29. The standard InChI is InChI=1S/C13H20FN3/c1-3-12-11(16-2)6-7-17(12)13-5-4-9(15)8-10(13)14/h4-5,8,11-12,16H,3,6-7,15H2,1-2H3/t11-,12?/m0/s1. The van der Waals surface area contributed by atoms with Gasteiger partial charge in [-0.2, -0.15) is 0 Å². The zero-order valence-electron chi connectivity index (χ0n) is 10.4. The second kappa shape index (κ2) is 4.92. The summed E-state index contributed by atoms with van der Waals surface area (Å²) in [5.74, 6) is -0.222. The van der Waals surface area contributed by atoms with Crippen molar-refractivity contribution in [1.29, 1.82) is 0 Å². The third-order valence-corrected chi connectivity index (χ3v) is 3.62. The summed E-state index contributed by atoms with van der Waals surface area (Å²) < 4.78 is 13.9. The second-order valence-corrected chi connectivity index (χ2v) is 4.56. The predicted octanol–water partition coefficient (Wildman–Crippen LogP) is 1.98. The van der Waals surface area contributed by atoms with Gasteiger partial charge in [0.2, 0.25) is 0 Å². The number of nitrogens with one attached hydrogen (secondary N) is 1. The number of hydrogen-bond donors (Lipinski definition) is 2. The fourth-order valence-corrected chi connectivity index (χ4v) is 2.75. The van der Waals surface area contributed by atoms with Gasteiger partial charge in [0.25, 0.3) is 0 Å². The molecule has 0 amide bonds. The van der Waals surface area contributed by atoms with Gasteiger partial charge in [0.05, 0.1) is 5.69 Å². The van der Waals surface area contributed by atoms with E-state index < -0.39 is 0 Å². The molecule has 1 fully saturated rings. The molecule has 0 radical (unpaired) electrons. The van der Waals surface area contributed by atoms with E-state index in [1.54, 1.807) is 12.1 Å². The molecule has 2 rings (SSSR count). The summed E-state index contributed by atoms with van der Waals surface area (Å²) >= 11 is 0. The van der Waals surface area contributed by atoms with Crippen LogP contribution in [0.3, 0.4) is 0 Å². The maximum Gasteiger partial charge on any atom is 0.148 e. The van der Waals surface area contributed by atoms with Crippen molar-refractivity contribution in [2.75, 3.05) is 24.2 Å². The summed E-state index contributed by atoms with van der Waals surface area (Å²) in [6.07, 6.45) is 2.06. The Morgan fingerprint density at radius 3 is 2.88 bits per heavy atom. The molecule has 1 heterocycles. The van der Waals surface area contributed by atoms with Crippen LogP contribution in [0.2, 0.25) is 0 Å². The van der Waals surface area contributed by atoms with Crippen LogP contribution >= 0.6 is 0 Å².